The summed E-state index contributed by atoms with van der Waals surface area (Å²) in [6, 6.07) is 21.4. The molecule has 2 heterocycles. The zero-order chi connectivity index (χ0) is 23.6. The average Bonchev–Trinajstić information content (AvgIpc) is 3.27. The van der Waals surface area contributed by atoms with Crippen molar-refractivity contribution in [2.45, 2.75) is 32.7 Å². The van der Waals surface area contributed by atoms with Crippen LogP contribution in [0.4, 0.5) is 5.69 Å². The van der Waals surface area contributed by atoms with Crippen LogP contribution in [-0.4, -0.2) is 5.78 Å². The van der Waals surface area contributed by atoms with Gasteiger partial charge in [0.15, 0.2) is 5.78 Å². The summed E-state index contributed by atoms with van der Waals surface area (Å²) in [7, 11) is 0. The standard InChI is InChI=1S/C29H23Cl2NO2/c1-29(2)14-20-26-18-6-4-3-5-16(18)7-10-22(26)32-28(27(20)23(33)15-29)25-12-11-24(34-25)19-9-8-17(30)13-21(19)31/h3-13,28,32H,14-15H2,1-2H3/t28-/m1/s1. The van der Waals surface area contributed by atoms with Crippen LogP contribution in [0, 0.1) is 5.41 Å². The molecule has 3 aromatic carbocycles. The molecule has 0 fully saturated rings. The molecule has 4 aromatic rings. The zero-order valence-corrected chi connectivity index (χ0v) is 20.4. The lowest BCUT2D eigenvalue weighted by atomic mass is 9.68. The number of anilines is 1. The van der Waals surface area contributed by atoms with Gasteiger partial charge in [-0.25, -0.2) is 0 Å². The second-order valence-corrected chi connectivity index (χ2v) is 10.8. The highest BCUT2D eigenvalue weighted by atomic mass is 35.5. The van der Waals surface area contributed by atoms with Crippen molar-refractivity contribution in [3.05, 3.63) is 93.7 Å². The van der Waals surface area contributed by atoms with Crippen molar-refractivity contribution < 1.29 is 9.21 Å². The van der Waals surface area contributed by atoms with Gasteiger partial charge in [-0.05, 0) is 64.6 Å². The molecule has 0 radical (unpaired) electrons. The number of halogens is 2. The quantitative estimate of drug-likeness (QED) is 0.307. The number of Topliss-reactive ketones (excluding diaryl/α,β-unsaturated/α-hetero) is 1. The number of benzene rings is 3. The highest BCUT2D eigenvalue weighted by Crippen LogP contribution is 2.52. The average molecular weight is 488 g/mol. The predicted molar refractivity (Wildman–Crippen MR) is 139 cm³/mol. The van der Waals surface area contributed by atoms with Crippen LogP contribution >= 0.6 is 23.2 Å². The Morgan fingerprint density at radius 2 is 1.79 bits per heavy atom. The number of furan rings is 1. The third-order valence-corrected chi connectivity index (χ3v) is 7.39. The van der Waals surface area contributed by atoms with E-state index in [2.05, 4.69) is 49.5 Å². The van der Waals surface area contributed by atoms with Crippen LogP contribution < -0.4 is 5.32 Å². The Labute approximate surface area is 208 Å². The highest BCUT2D eigenvalue weighted by Gasteiger charge is 2.41. The molecule has 5 heteroatoms. The molecule has 1 aliphatic heterocycles. The molecule has 0 amide bonds. The first-order chi connectivity index (χ1) is 16.3. The summed E-state index contributed by atoms with van der Waals surface area (Å²) < 4.78 is 6.31. The first kappa shape index (κ1) is 21.5. The summed E-state index contributed by atoms with van der Waals surface area (Å²) in [5.41, 5.74) is 4.76. The Morgan fingerprint density at radius 1 is 0.971 bits per heavy atom. The molecule has 0 saturated carbocycles. The molecular formula is C29H23Cl2NO2. The molecule has 6 rings (SSSR count). The first-order valence-electron chi connectivity index (χ1n) is 11.4. The fourth-order valence-electron chi connectivity index (χ4n) is 5.39. The van der Waals surface area contributed by atoms with Gasteiger partial charge >= 0.3 is 0 Å². The van der Waals surface area contributed by atoms with Crippen LogP contribution in [0.1, 0.15) is 44.1 Å². The second-order valence-electron chi connectivity index (χ2n) is 9.95. The zero-order valence-electron chi connectivity index (χ0n) is 18.9. The van der Waals surface area contributed by atoms with Gasteiger partial charge in [-0.2, -0.15) is 0 Å². The van der Waals surface area contributed by atoms with Crippen molar-refractivity contribution >= 4 is 51.0 Å². The van der Waals surface area contributed by atoms with Crippen molar-refractivity contribution in [2.75, 3.05) is 5.32 Å². The van der Waals surface area contributed by atoms with Crippen molar-refractivity contribution in [1.29, 1.82) is 0 Å². The molecule has 0 saturated heterocycles. The van der Waals surface area contributed by atoms with Crippen LogP contribution in [0.2, 0.25) is 10.0 Å². The maximum absolute atomic E-state index is 13.6. The Bertz CT molecular complexity index is 1510. The van der Waals surface area contributed by atoms with E-state index in [4.69, 9.17) is 27.6 Å². The van der Waals surface area contributed by atoms with E-state index in [0.29, 0.717) is 28.0 Å². The number of hydrogen-bond donors (Lipinski definition) is 1. The summed E-state index contributed by atoms with van der Waals surface area (Å²) in [6.07, 6.45) is 1.35. The topological polar surface area (TPSA) is 42.2 Å². The molecule has 0 unspecified atom stereocenters. The largest absolute Gasteiger partial charge is 0.458 e. The van der Waals surface area contributed by atoms with Gasteiger partial charge in [-0.1, -0.05) is 67.4 Å². The van der Waals surface area contributed by atoms with Crippen molar-refractivity contribution in [3.8, 4) is 11.3 Å². The number of hydrogen-bond acceptors (Lipinski definition) is 3. The number of carbonyl (C=O) groups excluding carboxylic acids is 1. The molecule has 0 bridgehead atoms. The lowest BCUT2D eigenvalue weighted by molar-refractivity contribution is -0.118. The Kier molecular flexibility index (Phi) is 4.91. The molecule has 3 nitrogen and oxygen atoms in total. The molecule has 170 valence electrons. The fourth-order valence-corrected chi connectivity index (χ4v) is 5.89. The Hall–Kier alpha value is -3.01. The number of allylic oxidation sites excluding steroid dienone is 1. The number of nitrogens with one attached hydrogen (secondary N) is 1. The minimum absolute atomic E-state index is 0.100. The van der Waals surface area contributed by atoms with E-state index in [1.165, 1.54) is 5.39 Å². The van der Waals surface area contributed by atoms with Crippen LogP contribution in [0.3, 0.4) is 0 Å². The molecule has 1 atom stereocenters. The molecule has 1 aromatic heterocycles. The number of carbonyl (C=O) groups is 1. The van der Waals surface area contributed by atoms with Gasteiger partial charge in [0.25, 0.3) is 0 Å². The van der Waals surface area contributed by atoms with Gasteiger partial charge in [-0.15, -0.1) is 0 Å². The fraction of sp³-hybridized carbons (Fsp3) is 0.207. The summed E-state index contributed by atoms with van der Waals surface area (Å²) in [4.78, 5) is 13.6. The van der Waals surface area contributed by atoms with E-state index in [1.54, 1.807) is 12.1 Å². The summed E-state index contributed by atoms with van der Waals surface area (Å²) in [6.45, 7) is 4.34. The minimum atomic E-state index is -0.355. The first-order valence-corrected chi connectivity index (χ1v) is 12.2. The van der Waals surface area contributed by atoms with Gasteiger partial charge in [0, 0.05) is 33.8 Å². The van der Waals surface area contributed by atoms with Crippen molar-refractivity contribution in [3.63, 3.8) is 0 Å². The van der Waals surface area contributed by atoms with E-state index in [0.717, 1.165) is 39.8 Å². The summed E-state index contributed by atoms with van der Waals surface area (Å²) in [5, 5.41) is 7.05. The van der Waals surface area contributed by atoms with Crippen LogP contribution in [-0.2, 0) is 4.79 Å². The second kappa shape index (κ2) is 7.76. The molecule has 1 N–H and O–H groups in total. The normalized spacial score (nSPS) is 19.1. The van der Waals surface area contributed by atoms with E-state index >= 15 is 0 Å². The van der Waals surface area contributed by atoms with Gasteiger partial charge in [0.2, 0.25) is 0 Å². The SMILES string of the molecule is CC1(C)CC(=O)C2=C(C1)c1c(ccc3ccccc13)N[C@@H]2c1ccc(-c2ccc(Cl)cc2Cl)o1. The predicted octanol–water partition coefficient (Wildman–Crippen LogP) is 8.72. The van der Waals surface area contributed by atoms with E-state index in [-0.39, 0.29) is 17.2 Å². The maximum atomic E-state index is 13.6. The smallest absolute Gasteiger partial charge is 0.162 e. The number of fused-ring (bicyclic) bond motifs is 4. The molecular weight excluding hydrogens is 465 g/mol. The van der Waals surface area contributed by atoms with Crippen LogP contribution in [0.25, 0.3) is 27.7 Å². The van der Waals surface area contributed by atoms with E-state index in [9.17, 15) is 4.79 Å². The third-order valence-electron chi connectivity index (χ3n) is 6.85. The summed E-state index contributed by atoms with van der Waals surface area (Å²) >= 11 is 12.5. The number of rotatable bonds is 2. The minimum Gasteiger partial charge on any atom is -0.458 e. The van der Waals surface area contributed by atoms with E-state index in [1.807, 2.05) is 24.3 Å². The van der Waals surface area contributed by atoms with Crippen LogP contribution in [0.5, 0.6) is 0 Å². The lowest BCUT2D eigenvalue weighted by Gasteiger charge is -2.39. The third kappa shape index (κ3) is 3.46. The van der Waals surface area contributed by atoms with Gasteiger partial charge < -0.3 is 9.73 Å². The number of ketones is 1. The lowest BCUT2D eigenvalue weighted by Crippen LogP contribution is -2.33. The van der Waals surface area contributed by atoms with Gasteiger partial charge in [-0.3, -0.25) is 4.79 Å². The Morgan fingerprint density at radius 3 is 2.62 bits per heavy atom. The molecule has 34 heavy (non-hydrogen) atoms. The molecule has 2 aliphatic rings. The Balaban J connectivity index is 1.53. The van der Waals surface area contributed by atoms with Crippen LogP contribution in [0.15, 0.2) is 76.7 Å². The highest BCUT2D eigenvalue weighted by molar-refractivity contribution is 6.36. The van der Waals surface area contributed by atoms with Gasteiger partial charge in [0.1, 0.15) is 17.6 Å². The maximum Gasteiger partial charge on any atom is 0.162 e. The monoisotopic (exact) mass is 487 g/mol. The van der Waals surface area contributed by atoms with E-state index < -0.39 is 0 Å². The van der Waals surface area contributed by atoms with Gasteiger partial charge in [0.05, 0.1) is 5.02 Å². The van der Waals surface area contributed by atoms with Crippen molar-refractivity contribution in [1.82, 2.24) is 0 Å². The van der Waals surface area contributed by atoms with Crippen molar-refractivity contribution in [2.24, 2.45) is 5.41 Å². The molecule has 0 spiro atoms. The summed E-state index contributed by atoms with van der Waals surface area (Å²) in [5.74, 6) is 1.51. The molecule has 1 aliphatic carbocycles.